The molecule has 0 radical (unpaired) electrons. The van der Waals surface area contributed by atoms with Crippen molar-refractivity contribution in [2.75, 3.05) is 17.7 Å². The molecule has 0 amide bonds. The predicted molar refractivity (Wildman–Crippen MR) is 79.6 cm³/mol. The number of anilines is 2. The van der Waals surface area contributed by atoms with Crippen molar-refractivity contribution in [3.8, 4) is 0 Å². The molecular weight excluding hydrogens is 290 g/mol. The third-order valence-corrected chi connectivity index (χ3v) is 3.21. The van der Waals surface area contributed by atoms with Gasteiger partial charge in [0.15, 0.2) is 0 Å². The molecule has 3 nitrogen and oxygen atoms in total. The van der Waals surface area contributed by atoms with Crippen molar-refractivity contribution in [1.82, 2.24) is 4.98 Å². The van der Waals surface area contributed by atoms with Crippen LogP contribution in [-0.4, -0.2) is 12.0 Å². The summed E-state index contributed by atoms with van der Waals surface area (Å²) >= 11 is 3.43. The number of pyridine rings is 1. The van der Waals surface area contributed by atoms with E-state index in [1.165, 1.54) is 5.56 Å². The second kappa shape index (κ2) is 5.40. The molecule has 2 rings (SSSR count). The van der Waals surface area contributed by atoms with Gasteiger partial charge in [0.05, 0.1) is 0 Å². The molecule has 0 aliphatic heterocycles. The van der Waals surface area contributed by atoms with Crippen LogP contribution in [-0.2, 0) is 6.54 Å². The fourth-order valence-electron chi connectivity index (χ4n) is 1.90. The highest BCUT2D eigenvalue weighted by molar-refractivity contribution is 9.10. The number of rotatable bonds is 3. The first-order chi connectivity index (χ1) is 8.56. The molecule has 0 aliphatic carbocycles. The summed E-state index contributed by atoms with van der Waals surface area (Å²) in [6, 6.07) is 10.00. The largest absolute Gasteiger partial charge is 0.399 e. The van der Waals surface area contributed by atoms with Crippen LogP contribution in [0.4, 0.5) is 11.5 Å². The van der Waals surface area contributed by atoms with Gasteiger partial charge >= 0.3 is 0 Å². The number of benzene rings is 1. The number of aromatic nitrogens is 1. The number of hydrogen-bond donors (Lipinski definition) is 1. The van der Waals surface area contributed by atoms with E-state index in [-0.39, 0.29) is 0 Å². The molecule has 1 aromatic heterocycles. The van der Waals surface area contributed by atoms with Gasteiger partial charge in [0.2, 0.25) is 0 Å². The maximum Gasteiger partial charge on any atom is 0.131 e. The van der Waals surface area contributed by atoms with Gasteiger partial charge in [0.1, 0.15) is 5.82 Å². The monoisotopic (exact) mass is 305 g/mol. The Labute approximate surface area is 116 Å². The number of nitrogen functional groups attached to an aromatic ring is 1. The molecule has 0 saturated carbocycles. The molecular formula is C14H16BrN3. The summed E-state index contributed by atoms with van der Waals surface area (Å²) in [5.41, 5.74) is 8.84. The molecule has 94 valence electrons. The standard InChI is InChI=1S/C14H16BrN3/c1-10-7-12(15)8-17-14(10)18(2)9-11-3-5-13(16)6-4-11/h3-8H,9,16H2,1-2H3. The van der Waals surface area contributed by atoms with Crippen LogP contribution < -0.4 is 10.6 Å². The Morgan fingerprint density at radius 2 is 1.94 bits per heavy atom. The Bertz CT molecular complexity index is 537. The molecule has 0 aliphatic rings. The molecule has 2 N–H and O–H groups in total. The van der Waals surface area contributed by atoms with Gasteiger partial charge in [-0.3, -0.25) is 0 Å². The minimum Gasteiger partial charge on any atom is -0.399 e. The number of nitrogens with zero attached hydrogens (tertiary/aromatic N) is 2. The van der Waals surface area contributed by atoms with E-state index in [4.69, 9.17) is 5.73 Å². The van der Waals surface area contributed by atoms with Crippen LogP contribution in [0.1, 0.15) is 11.1 Å². The average Bonchev–Trinajstić information content (AvgIpc) is 2.32. The zero-order valence-electron chi connectivity index (χ0n) is 10.5. The highest BCUT2D eigenvalue weighted by Gasteiger charge is 2.07. The molecule has 4 heteroatoms. The van der Waals surface area contributed by atoms with Crippen molar-refractivity contribution in [1.29, 1.82) is 0 Å². The van der Waals surface area contributed by atoms with E-state index in [0.717, 1.165) is 28.1 Å². The average molecular weight is 306 g/mol. The van der Waals surface area contributed by atoms with E-state index in [0.29, 0.717) is 0 Å². The number of hydrogen-bond acceptors (Lipinski definition) is 3. The van der Waals surface area contributed by atoms with Gasteiger partial charge in [0, 0.05) is 29.9 Å². The van der Waals surface area contributed by atoms with Crippen molar-refractivity contribution in [2.24, 2.45) is 0 Å². The number of nitrogens with two attached hydrogens (primary N) is 1. The van der Waals surface area contributed by atoms with Crippen molar-refractivity contribution in [3.63, 3.8) is 0 Å². The van der Waals surface area contributed by atoms with Crippen LogP contribution in [0.3, 0.4) is 0 Å². The quantitative estimate of drug-likeness (QED) is 0.884. The highest BCUT2D eigenvalue weighted by atomic mass is 79.9. The molecule has 0 saturated heterocycles. The molecule has 0 spiro atoms. The summed E-state index contributed by atoms with van der Waals surface area (Å²) in [5, 5.41) is 0. The fraction of sp³-hybridized carbons (Fsp3) is 0.214. The van der Waals surface area contributed by atoms with Crippen molar-refractivity contribution in [3.05, 3.63) is 52.1 Å². The van der Waals surface area contributed by atoms with Gasteiger partial charge in [-0.2, -0.15) is 0 Å². The number of halogens is 1. The Hall–Kier alpha value is -1.55. The molecule has 0 atom stereocenters. The first-order valence-corrected chi connectivity index (χ1v) is 6.53. The van der Waals surface area contributed by atoms with Gasteiger partial charge in [-0.25, -0.2) is 4.98 Å². The zero-order valence-corrected chi connectivity index (χ0v) is 12.1. The molecule has 18 heavy (non-hydrogen) atoms. The summed E-state index contributed by atoms with van der Waals surface area (Å²) in [6.07, 6.45) is 1.82. The van der Waals surface area contributed by atoms with E-state index >= 15 is 0 Å². The van der Waals surface area contributed by atoms with Crippen LogP contribution in [0.5, 0.6) is 0 Å². The molecule has 0 bridgehead atoms. The van der Waals surface area contributed by atoms with E-state index in [1.54, 1.807) is 0 Å². The van der Waals surface area contributed by atoms with E-state index in [2.05, 4.69) is 38.8 Å². The van der Waals surface area contributed by atoms with Gasteiger partial charge in [-0.15, -0.1) is 0 Å². The maximum atomic E-state index is 5.68. The van der Waals surface area contributed by atoms with Crippen LogP contribution in [0.25, 0.3) is 0 Å². The van der Waals surface area contributed by atoms with E-state index in [9.17, 15) is 0 Å². The summed E-state index contributed by atoms with van der Waals surface area (Å²) in [5.74, 6) is 0.995. The van der Waals surface area contributed by atoms with Gasteiger partial charge in [-0.05, 0) is 52.2 Å². The van der Waals surface area contributed by atoms with E-state index < -0.39 is 0 Å². The molecule has 0 unspecified atom stereocenters. The molecule has 1 aromatic carbocycles. The lowest BCUT2D eigenvalue weighted by atomic mass is 10.2. The van der Waals surface area contributed by atoms with Crippen LogP contribution in [0, 0.1) is 6.92 Å². The number of aryl methyl sites for hydroxylation is 1. The molecule has 2 aromatic rings. The fourth-order valence-corrected chi connectivity index (χ4v) is 2.35. The van der Waals surface area contributed by atoms with Crippen molar-refractivity contribution < 1.29 is 0 Å². The first-order valence-electron chi connectivity index (χ1n) is 5.74. The molecule has 0 fully saturated rings. The Kier molecular flexibility index (Phi) is 3.87. The lowest BCUT2D eigenvalue weighted by molar-refractivity contribution is 0.890. The smallest absolute Gasteiger partial charge is 0.131 e. The van der Waals surface area contributed by atoms with E-state index in [1.807, 2.05) is 37.5 Å². The van der Waals surface area contributed by atoms with Crippen LogP contribution in [0.2, 0.25) is 0 Å². The third-order valence-electron chi connectivity index (χ3n) is 2.78. The van der Waals surface area contributed by atoms with Crippen molar-refractivity contribution in [2.45, 2.75) is 13.5 Å². The first kappa shape index (κ1) is 12.9. The third kappa shape index (κ3) is 3.01. The lowest BCUT2D eigenvalue weighted by Gasteiger charge is -2.20. The van der Waals surface area contributed by atoms with Crippen molar-refractivity contribution >= 4 is 27.4 Å². The Balaban J connectivity index is 2.16. The second-order valence-corrected chi connectivity index (χ2v) is 5.31. The normalized spacial score (nSPS) is 10.4. The lowest BCUT2D eigenvalue weighted by Crippen LogP contribution is -2.18. The minimum atomic E-state index is 0.791. The summed E-state index contributed by atoms with van der Waals surface area (Å²) in [7, 11) is 2.04. The zero-order chi connectivity index (χ0) is 13.1. The molecule has 1 heterocycles. The minimum absolute atomic E-state index is 0.791. The predicted octanol–water partition coefficient (Wildman–Crippen LogP) is 3.37. The van der Waals surface area contributed by atoms with Gasteiger partial charge in [-0.1, -0.05) is 12.1 Å². The second-order valence-electron chi connectivity index (χ2n) is 4.39. The summed E-state index contributed by atoms with van der Waals surface area (Å²) < 4.78 is 1.00. The Morgan fingerprint density at radius 3 is 2.56 bits per heavy atom. The Morgan fingerprint density at radius 1 is 1.28 bits per heavy atom. The topological polar surface area (TPSA) is 42.2 Å². The SMILES string of the molecule is Cc1cc(Br)cnc1N(C)Cc1ccc(N)cc1. The van der Waals surface area contributed by atoms with Gasteiger partial charge < -0.3 is 10.6 Å². The van der Waals surface area contributed by atoms with Crippen LogP contribution in [0.15, 0.2) is 41.0 Å². The summed E-state index contributed by atoms with van der Waals surface area (Å²) in [4.78, 5) is 6.58. The van der Waals surface area contributed by atoms with Gasteiger partial charge in [0.25, 0.3) is 0 Å². The van der Waals surface area contributed by atoms with Crippen LogP contribution >= 0.6 is 15.9 Å². The maximum absolute atomic E-state index is 5.68. The highest BCUT2D eigenvalue weighted by Crippen LogP contribution is 2.21. The summed E-state index contributed by atoms with van der Waals surface area (Å²) in [6.45, 7) is 2.88.